The van der Waals surface area contributed by atoms with E-state index in [0.29, 0.717) is 19.4 Å². The van der Waals surface area contributed by atoms with E-state index in [4.69, 9.17) is 0 Å². The molecule has 3 saturated heterocycles. The summed E-state index contributed by atoms with van der Waals surface area (Å²) in [6.45, 7) is 6.60. The van der Waals surface area contributed by atoms with Crippen molar-refractivity contribution in [2.75, 3.05) is 19.6 Å². The summed E-state index contributed by atoms with van der Waals surface area (Å²) in [6, 6.07) is 10.4. The van der Waals surface area contributed by atoms with E-state index in [1.807, 2.05) is 17.0 Å². The van der Waals surface area contributed by atoms with Crippen LogP contribution in [0.1, 0.15) is 37.8 Å². The molecule has 4 heterocycles. The number of piperidine rings is 2. The lowest BCUT2D eigenvalue weighted by molar-refractivity contribution is -0.140. The Labute approximate surface area is 181 Å². The summed E-state index contributed by atoms with van der Waals surface area (Å²) in [7, 11) is 0. The molecular weight excluding hydrogens is 393 g/mol. The number of aromatic nitrogens is 1. The highest BCUT2D eigenvalue weighted by Gasteiger charge is 2.56. The van der Waals surface area contributed by atoms with Crippen LogP contribution in [0.5, 0.6) is 0 Å². The number of hydrogen-bond acceptors (Lipinski definition) is 4. The molecule has 31 heavy (non-hydrogen) atoms. The smallest absolute Gasteiger partial charge is 0.241 e. The zero-order valence-electron chi connectivity index (χ0n) is 17.7. The van der Waals surface area contributed by atoms with E-state index in [1.165, 1.54) is 5.39 Å². The van der Waals surface area contributed by atoms with E-state index in [9.17, 15) is 9.18 Å². The first-order valence-corrected chi connectivity index (χ1v) is 11.5. The Kier molecular flexibility index (Phi) is 4.40. The van der Waals surface area contributed by atoms with E-state index in [2.05, 4.69) is 45.5 Å². The molecule has 4 atom stereocenters. The molecule has 6 rings (SSSR count). The molecule has 1 saturated carbocycles. The first kappa shape index (κ1) is 19.3. The highest BCUT2D eigenvalue weighted by atomic mass is 19.1. The number of carbonyl (C=O) groups excluding carboxylic acids is 1. The number of carbonyl (C=O) groups is 1. The fourth-order valence-corrected chi connectivity index (χ4v) is 5.95. The Morgan fingerprint density at radius 3 is 2.81 bits per heavy atom. The van der Waals surface area contributed by atoms with Crippen LogP contribution in [0.4, 0.5) is 4.39 Å². The average molecular weight is 424 g/mol. The maximum atomic E-state index is 14.0. The number of aromatic amines is 1. The van der Waals surface area contributed by atoms with Gasteiger partial charge in [0.05, 0.1) is 11.4 Å². The normalized spacial score (nSPS) is 31.8. The molecule has 1 aromatic carbocycles. The molecule has 1 aromatic heterocycles. The largest absolute Gasteiger partial charge is 0.370 e. The predicted octanol–water partition coefficient (Wildman–Crippen LogP) is 2.80. The number of hydrazine groups is 1. The zero-order chi connectivity index (χ0) is 21.2. The average Bonchev–Trinajstić information content (AvgIpc) is 3.23. The van der Waals surface area contributed by atoms with Gasteiger partial charge >= 0.3 is 0 Å². The van der Waals surface area contributed by atoms with Crippen molar-refractivity contribution >= 4 is 22.5 Å². The lowest BCUT2D eigenvalue weighted by Gasteiger charge is -2.42. The van der Waals surface area contributed by atoms with Crippen molar-refractivity contribution in [2.24, 2.45) is 5.92 Å². The molecule has 0 bridgehead atoms. The van der Waals surface area contributed by atoms with Gasteiger partial charge in [-0.25, -0.2) is 9.82 Å². The second-order valence-corrected chi connectivity index (χ2v) is 9.79. The van der Waals surface area contributed by atoms with Gasteiger partial charge in [-0.3, -0.25) is 10.2 Å². The van der Waals surface area contributed by atoms with Crippen molar-refractivity contribution in [1.29, 1.82) is 0 Å². The third kappa shape index (κ3) is 3.17. The highest BCUT2D eigenvalue weighted by molar-refractivity contribution is 5.85. The van der Waals surface area contributed by atoms with Crippen molar-refractivity contribution in [3.63, 3.8) is 0 Å². The third-order valence-electron chi connectivity index (χ3n) is 7.93. The van der Waals surface area contributed by atoms with Crippen LogP contribution in [0.25, 0.3) is 16.6 Å². The molecule has 7 heteroatoms. The van der Waals surface area contributed by atoms with Gasteiger partial charge in [0.15, 0.2) is 0 Å². The fraction of sp³-hybridized carbons (Fsp3) is 0.542. The number of hydrogen-bond donors (Lipinski definition) is 3. The molecule has 3 N–H and O–H groups in total. The first-order chi connectivity index (χ1) is 15.0. The summed E-state index contributed by atoms with van der Waals surface area (Å²) in [5, 5.41) is 1.18. The van der Waals surface area contributed by atoms with Crippen LogP contribution < -0.4 is 10.9 Å². The number of para-hydroxylation sites is 1. The fourth-order valence-electron chi connectivity index (χ4n) is 5.95. The van der Waals surface area contributed by atoms with Crippen LogP contribution in [0.15, 0.2) is 36.9 Å². The van der Waals surface area contributed by atoms with E-state index >= 15 is 0 Å². The summed E-state index contributed by atoms with van der Waals surface area (Å²) in [5.41, 5.74) is 9.57. The topological polar surface area (TPSA) is 63.4 Å². The first-order valence-electron chi connectivity index (χ1n) is 11.5. The maximum Gasteiger partial charge on any atom is 0.241 e. The van der Waals surface area contributed by atoms with Gasteiger partial charge in [-0.2, -0.15) is 0 Å². The van der Waals surface area contributed by atoms with Crippen LogP contribution in [-0.4, -0.2) is 64.1 Å². The molecule has 2 aromatic rings. The Bertz CT molecular complexity index is 997. The van der Waals surface area contributed by atoms with Crippen LogP contribution in [0.3, 0.4) is 0 Å². The Morgan fingerprint density at radius 2 is 2.00 bits per heavy atom. The standard InChI is InChI=1S/C24H30FN5O/c1-15(21-12-16-4-2-3-5-19(16)26-21)29-10-7-20-18(14-29)22(28-27-20)23(31)30-11-6-17(25)13-24(30)8-9-24/h2-5,12,17-18,20,22,26-28H,1,6-11,13-14H2. The van der Waals surface area contributed by atoms with Gasteiger partial charge in [0, 0.05) is 54.5 Å². The lowest BCUT2D eigenvalue weighted by atomic mass is 9.86. The van der Waals surface area contributed by atoms with Crippen LogP contribution in [-0.2, 0) is 4.79 Å². The molecular formula is C24H30FN5O. The van der Waals surface area contributed by atoms with Crippen molar-refractivity contribution in [3.05, 3.63) is 42.6 Å². The van der Waals surface area contributed by atoms with Crippen LogP contribution in [0, 0.1) is 5.92 Å². The molecule has 164 valence electrons. The van der Waals surface area contributed by atoms with Crippen molar-refractivity contribution in [3.8, 4) is 0 Å². The molecule has 1 aliphatic carbocycles. The third-order valence-corrected chi connectivity index (χ3v) is 7.93. The van der Waals surface area contributed by atoms with Gasteiger partial charge in [-0.15, -0.1) is 0 Å². The Balaban J connectivity index is 1.19. The second kappa shape index (κ2) is 7.07. The van der Waals surface area contributed by atoms with Gasteiger partial charge in [0.2, 0.25) is 5.91 Å². The van der Waals surface area contributed by atoms with Gasteiger partial charge in [-0.05, 0) is 37.8 Å². The van der Waals surface area contributed by atoms with E-state index in [1.54, 1.807) is 0 Å². The summed E-state index contributed by atoms with van der Waals surface area (Å²) >= 11 is 0. The monoisotopic (exact) mass is 423 g/mol. The number of amides is 1. The van der Waals surface area contributed by atoms with Crippen molar-refractivity contribution in [1.82, 2.24) is 25.6 Å². The minimum atomic E-state index is -0.765. The number of benzene rings is 1. The highest BCUT2D eigenvalue weighted by Crippen LogP contribution is 2.49. The van der Waals surface area contributed by atoms with Gasteiger partial charge in [0.25, 0.3) is 0 Å². The molecule has 1 amide bonds. The van der Waals surface area contributed by atoms with Gasteiger partial charge in [0.1, 0.15) is 12.2 Å². The summed E-state index contributed by atoms with van der Waals surface area (Å²) in [4.78, 5) is 21.3. The minimum absolute atomic E-state index is 0.141. The Hall–Kier alpha value is -2.38. The number of fused-ring (bicyclic) bond motifs is 2. The zero-order valence-corrected chi connectivity index (χ0v) is 17.7. The number of nitrogens with one attached hydrogen (secondary N) is 3. The summed E-state index contributed by atoms with van der Waals surface area (Å²) < 4.78 is 14.0. The Morgan fingerprint density at radius 1 is 1.16 bits per heavy atom. The van der Waals surface area contributed by atoms with Gasteiger partial charge in [-0.1, -0.05) is 24.8 Å². The number of halogens is 1. The summed E-state index contributed by atoms with van der Waals surface area (Å²) in [5.74, 6) is 0.309. The number of likely N-dealkylation sites (tertiary alicyclic amines) is 2. The predicted molar refractivity (Wildman–Crippen MR) is 119 cm³/mol. The molecule has 4 aliphatic rings. The quantitative estimate of drug-likeness (QED) is 0.711. The molecule has 4 unspecified atom stereocenters. The van der Waals surface area contributed by atoms with Crippen LogP contribution >= 0.6 is 0 Å². The van der Waals surface area contributed by atoms with E-state index < -0.39 is 6.17 Å². The molecule has 4 fully saturated rings. The van der Waals surface area contributed by atoms with Crippen LogP contribution in [0.2, 0.25) is 0 Å². The molecule has 3 aliphatic heterocycles. The lowest BCUT2D eigenvalue weighted by Crippen LogP contribution is -2.57. The van der Waals surface area contributed by atoms with E-state index in [-0.39, 0.29) is 29.4 Å². The maximum absolute atomic E-state index is 14.0. The second-order valence-electron chi connectivity index (χ2n) is 9.79. The molecule has 1 spiro atoms. The molecule has 6 nitrogen and oxygen atoms in total. The number of rotatable bonds is 3. The number of nitrogens with zero attached hydrogens (tertiary/aromatic N) is 2. The van der Waals surface area contributed by atoms with Crippen molar-refractivity contribution in [2.45, 2.75) is 55.9 Å². The number of alkyl halides is 1. The van der Waals surface area contributed by atoms with Gasteiger partial charge < -0.3 is 14.8 Å². The molecule has 0 radical (unpaired) electrons. The number of H-pyrrole nitrogens is 1. The van der Waals surface area contributed by atoms with Crippen molar-refractivity contribution < 1.29 is 9.18 Å². The SMILES string of the molecule is C=C(c1cc2ccccc2[nH]1)N1CCC2NNC(C(=O)N3CCC(F)CC34CC4)C2C1. The van der Waals surface area contributed by atoms with E-state index in [0.717, 1.165) is 49.3 Å². The summed E-state index contributed by atoms with van der Waals surface area (Å²) in [6.07, 6.45) is 3.05. The minimum Gasteiger partial charge on any atom is -0.370 e.